The molecule has 10 nitrogen and oxygen atoms in total. The van der Waals surface area contributed by atoms with Crippen LogP contribution in [0, 0.1) is 23.5 Å². The highest BCUT2D eigenvalue weighted by molar-refractivity contribution is 7.92. The molecule has 306 valence electrons. The Labute approximate surface area is 329 Å². The van der Waals surface area contributed by atoms with Crippen LogP contribution in [-0.4, -0.2) is 125 Å². The number of halogens is 3. The molecule has 56 heavy (non-hydrogen) atoms. The molecule has 1 aliphatic carbocycles. The van der Waals surface area contributed by atoms with Crippen LogP contribution < -0.4 is 10.2 Å². The number of alkyl halides is 1. The van der Waals surface area contributed by atoms with Crippen molar-refractivity contribution in [1.82, 2.24) is 20.0 Å². The molecule has 4 aliphatic heterocycles. The molecule has 5 aliphatic rings. The van der Waals surface area contributed by atoms with Gasteiger partial charge < -0.3 is 24.8 Å². The fourth-order valence-electron chi connectivity index (χ4n) is 10.5. The average molecular weight is 800 g/mol. The highest BCUT2D eigenvalue weighted by Gasteiger charge is 2.54. The van der Waals surface area contributed by atoms with E-state index in [0.29, 0.717) is 38.9 Å². The summed E-state index contributed by atoms with van der Waals surface area (Å²) in [5, 5.41) is 2.27. The first-order valence-electron chi connectivity index (χ1n) is 20.3. The van der Waals surface area contributed by atoms with E-state index in [9.17, 15) is 18.0 Å². The maximum absolute atomic E-state index is 16.3. The number of hydrogen-bond donors (Lipinski definition) is 1. The van der Waals surface area contributed by atoms with E-state index in [2.05, 4.69) is 21.7 Å². The molecule has 2 aromatic rings. The molecule has 0 radical (unpaired) electrons. The maximum atomic E-state index is 16.3. The predicted octanol–water partition coefficient (Wildman–Crippen LogP) is 5.71. The van der Waals surface area contributed by atoms with Gasteiger partial charge in [0.1, 0.15) is 11.6 Å². The number of amides is 2. The van der Waals surface area contributed by atoms with E-state index in [1.807, 2.05) is 6.07 Å². The van der Waals surface area contributed by atoms with Crippen LogP contribution >= 0.6 is 0 Å². The van der Waals surface area contributed by atoms with Crippen LogP contribution in [0.3, 0.4) is 0 Å². The van der Waals surface area contributed by atoms with E-state index in [1.165, 1.54) is 36.3 Å². The van der Waals surface area contributed by atoms with Crippen molar-refractivity contribution in [3.8, 4) is 0 Å². The van der Waals surface area contributed by atoms with Gasteiger partial charge in [0, 0.05) is 37.6 Å². The molecular formula is C42H56F3N5O5S. The molecule has 4 saturated heterocycles. The van der Waals surface area contributed by atoms with Gasteiger partial charge in [-0.25, -0.2) is 26.4 Å². The number of hydrogen-bond acceptors (Lipinski definition) is 8. The second kappa shape index (κ2) is 16.7. The molecule has 2 aromatic carbocycles. The summed E-state index contributed by atoms with van der Waals surface area (Å²) in [4.78, 5) is 32.3. The topological polar surface area (TPSA) is 103 Å². The van der Waals surface area contributed by atoms with Crippen LogP contribution in [0.4, 0.5) is 23.7 Å². The number of methoxy groups -OCH3 is 1. The summed E-state index contributed by atoms with van der Waals surface area (Å²) in [6.07, 6.45) is 7.79. The zero-order chi connectivity index (χ0) is 39.7. The molecule has 0 bridgehead atoms. The maximum Gasteiger partial charge on any atom is 0.407 e. The smallest absolute Gasteiger partial charge is 0.407 e. The summed E-state index contributed by atoms with van der Waals surface area (Å²) in [7, 11) is -2.55. The molecule has 7 rings (SSSR count). The van der Waals surface area contributed by atoms with E-state index >= 15 is 13.2 Å². The first kappa shape index (κ1) is 40.6. The van der Waals surface area contributed by atoms with Gasteiger partial charge in [-0.3, -0.25) is 9.69 Å². The number of likely N-dealkylation sites (tertiary alicyclic amines) is 3. The summed E-state index contributed by atoms with van der Waals surface area (Å²) in [5.41, 5.74) is -0.863. The van der Waals surface area contributed by atoms with Crippen LogP contribution in [0.5, 0.6) is 0 Å². The van der Waals surface area contributed by atoms with E-state index in [1.54, 1.807) is 17.0 Å². The fourth-order valence-corrected chi connectivity index (χ4v) is 12.2. The third kappa shape index (κ3) is 8.20. The van der Waals surface area contributed by atoms with Gasteiger partial charge in [-0.2, -0.15) is 0 Å². The van der Waals surface area contributed by atoms with Crippen molar-refractivity contribution in [1.29, 1.82) is 0 Å². The number of benzene rings is 2. The lowest BCUT2D eigenvalue weighted by atomic mass is 9.57. The van der Waals surface area contributed by atoms with Gasteiger partial charge in [-0.1, -0.05) is 31.6 Å². The van der Waals surface area contributed by atoms with Crippen LogP contribution in [0.15, 0.2) is 60.0 Å². The molecule has 0 spiro atoms. The zero-order valence-corrected chi connectivity index (χ0v) is 33.3. The van der Waals surface area contributed by atoms with Gasteiger partial charge in [0.15, 0.2) is 15.5 Å². The number of carbonyl (C=O) groups is 2. The standard InChI is InChI=1S/C42H56F3N5O5S/c1-3-39(51)49-20-5-4-11-34(25-49)56(53,54)33-14-15-38(36(44)24-33)50-27-41(45,28-50)26-48-21-16-30(17-22-48)42(29-47-18-8-19-47,31-9-6-10-32(43)23-31)35-12-7-13-37(35)46-40(52)55-2/h3,6,9-10,14-15,23-24,30,34-35,37H,1,4-5,7-8,11-13,16-22,25-29H2,2H3,(H,46,52)/t34-,35+,37+,42?/m1/s1. The van der Waals surface area contributed by atoms with Crippen LogP contribution in [0.2, 0.25) is 0 Å². The minimum Gasteiger partial charge on any atom is -0.453 e. The summed E-state index contributed by atoms with van der Waals surface area (Å²) < 4.78 is 79.1. The Morgan fingerprint density at radius 3 is 2.38 bits per heavy atom. The van der Waals surface area contributed by atoms with Gasteiger partial charge in [0.25, 0.3) is 0 Å². The summed E-state index contributed by atoms with van der Waals surface area (Å²) >= 11 is 0. The number of piperidine rings is 1. The van der Waals surface area contributed by atoms with Crippen molar-refractivity contribution in [3.63, 3.8) is 0 Å². The van der Waals surface area contributed by atoms with Gasteiger partial charge in [0.2, 0.25) is 5.91 Å². The minimum absolute atomic E-state index is 0.0116. The Kier molecular flexibility index (Phi) is 12.1. The molecule has 5 fully saturated rings. The second-order valence-electron chi connectivity index (χ2n) is 16.8. The van der Waals surface area contributed by atoms with Crippen LogP contribution in [-0.2, 0) is 24.8 Å². The largest absolute Gasteiger partial charge is 0.453 e. The van der Waals surface area contributed by atoms with Crippen molar-refractivity contribution < 1.29 is 35.9 Å². The van der Waals surface area contributed by atoms with Crippen molar-refractivity contribution in [2.24, 2.45) is 11.8 Å². The number of sulfone groups is 1. The Bertz CT molecular complexity index is 1870. The number of anilines is 1. The molecule has 2 amide bonds. The number of ether oxygens (including phenoxy) is 1. The first-order chi connectivity index (χ1) is 26.8. The highest BCUT2D eigenvalue weighted by atomic mass is 32.2. The summed E-state index contributed by atoms with van der Waals surface area (Å²) in [5.74, 6) is -1.07. The Morgan fingerprint density at radius 2 is 1.71 bits per heavy atom. The quantitative estimate of drug-likeness (QED) is 0.273. The van der Waals surface area contributed by atoms with E-state index < -0.39 is 38.1 Å². The summed E-state index contributed by atoms with van der Waals surface area (Å²) in [6, 6.07) is 10.7. The minimum atomic E-state index is -3.92. The molecule has 0 aromatic heterocycles. The van der Waals surface area contributed by atoms with Gasteiger partial charge in [-0.15, -0.1) is 0 Å². The monoisotopic (exact) mass is 799 g/mol. The summed E-state index contributed by atoms with van der Waals surface area (Å²) in [6.45, 7) is 8.23. The molecule has 1 N–H and O–H groups in total. The SMILES string of the molecule is C=CC(=O)N1CCCC[C@@H](S(=O)(=O)c2ccc(N3CC(F)(CN4CCC(C(CN5CCC5)(c5cccc(F)c5)[C@H]5CCC[C@@H]5NC(=O)OC)CC4)C3)c(F)c2)C1. The lowest BCUT2D eigenvalue weighted by Gasteiger charge is -2.54. The highest BCUT2D eigenvalue weighted by Crippen LogP contribution is 2.52. The number of nitrogens with zero attached hydrogens (tertiary/aromatic N) is 4. The van der Waals surface area contributed by atoms with E-state index in [4.69, 9.17) is 4.74 Å². The van der Waals surface area contributed by atoms with Gasteiger partial charge >= 0.3 is 6.09 Å². The zero-order valence-electron chi connectivity index (χ0n) is 32.4. The Hall–Kier alpha value is -3.62. The van der Waals surface area contributed by atoms with Crippen LogP contribution in [0.1, 0.15) is 63.4 Å². The number of alkyl carbamates (subject to hydrolysis) is 1. The van der Waals surface area contributed by atoms with Crippen molar-refractivity contribution >= 4 is 27.5 Å². The molecule has 4 heterocycles. The second-order valence-corrected chi connectivity index (χ2v) is 19.0. The van der Waals surface area contributed by atoms with E-state index in [-0.39, 0.29) is 66.4 Å². The molecule has 1 unspecified atom stereocenters. The normalized spacial score (nSPS) is 26.0. The fraction of sp³-hybridized carbons (Fsp3) is 0.619. The van der Waals surface area contributed by atoms with Gasteiger partial charge in [0.05, 0.1) is 36.0 Å². The number of carbonyl (C=O) groups excluding carboxylic acids is 2. The van der Waals surface area contributed by atoms with Crippen LogP contribution in [0.25, 0.3) is 0 Å². The average Bonchev–Trinajstić information content (AvgIpc) is 3.46. The third-order valence-corrected chi connectivity index (χ3v) is 15.5. The Balaban J connectivity index is 1.02. The molecule has 4 atom stereocenters. The van der Waals surface area contributed by atoms with Gasteiger partial charge in [-0.05, 0) is 125 Å². The van der Waals surface area contributed by atoms with Crippen molar-refractivity contribution in [3.05, 3.63) is 72.3 Å². The lowest BCUT2D eigenvalue weighted by Crippen LogP contribution is -2.65. The third-order valence-electron chi connectivity index (χ3n) is 13.4. The first-order valence-corrected chi connectivity index (χ1v) is 21.8. The molecule has 1 saturated carbocycles. The lowest BCUT2D eigenvalue weighted by molar-refractivity contribution is -0.125. The number of rotatable bonds is 12. The van der Waals surface area contributed by atoms with Crippen molar-refractivity contribution in [2.75, 3.05) is 77.5 Å². The Morgan fingerprint density at radius 1 is 0.946 bits per heavy atom. The number of nitrogens with one attached hydrogen (secondary N) is 1. The predicted molar refractivity (Wildman–Crippen MR) is 209 cm³/mol. The van der Waals surface area contributed by atoms with Crippen molar-refractivity contribution in [2.45, 2.75) is 85.1 Å². The van der Waals surface area contributed by atoms with E-state index in [0.717, 1.165) is 69.8 Å². The molecule has 14 heteroatoms. The molecular weight excluding hydrogens is 744 g/mol.